The predicted octanol–water partition coefficient (Wildman–Crippen LogP) is 5.22. The molecule has 3 aliphatic rings. The summed E-state index contributed by atoms with van der Waals surface area (Å²) in [6, 6.07) is 0. The van der Waals surface area contributed by atoms with E-state index in [9.17, 15) is 0 Å². The van der Waals surface area contributed by atoms with Crippen molar-refractivity contribution in [3.05, 3.63) is 0 Å². The Morgan fingerprint density at radius 3 is 2.06 bits per heavy atom. The largest absolute Gasteiger partial charge is 0.411 e. The summed E-state index contributed by atoms with van der Waals surface area (Å²) < 4.78 is 6.86. The van der Waals surface area contributed by atoms with Gasteiger partial charge < -0.3 is 4.43 Å². The van der Waals surface area contributed by atoms with Gasteiger partial charge >= 0.3 is 0 Å². The maximum absolute atomic E-state index is 6.86. The monoisotopic (exact) mass is 268 g/mol. The van der Waals surface area contributed by atoms with Crippen molar-refractivity contribution >= 4 is 8.32 Å². The minimum Gasteiger partial charge on any atom is -0.411 e. The zero-order valence-corrected chi connectivity index (χ0v) is 14.7. The van der Waals surface area contributed by atoms with Crippen molar-refractivity contribution in [3.8, 4) is 0 Å². The van der Waals surface area contributed by atoms with E-state index in [4.69, 9.17) is 4.43 Å². The zero-order valence-electron chi connectivity index (χ0n) is 13.7. The van der Waals surface area contributed by atoms with Gasteiger partial charge in [-0.25, -0.2) is 0 Å². The molecule has 0 aromatic carbocycles. The Balaban J connectivity index is 2.18. The Labute approximate surface area is 115 Å². The van der Waals surface area contributed by atoms with Gasteiger partial charge in [-0.1, -0.05) is 34.6 Å². The van der Waals surface area contributed by atoms with E-state index in [-0.39, 0.29) is 5.60 Å². The van der Waals surface area contributed by atoms with Gasteiger partial charge in [0.2, 0.25) is 0 Å². The van der Waals surface area contributed by atoms with Crippen LogP contribution in [0.25, 0.3) is 0 Å². The van der Waals surface area contributed by atoms with Crippen molar-refractivity contribution in [3.63, 3.8) is 0 Å². The van der Waals surface area contributed by atoms with E-state index in [1.54, 1.807) is 0 Å². The number of rotatable bonds is 2. The van der Waals surface area contributed by atoms with Gasteiger partial charge in [0.25, 0.3) is 0 Å². The van der Waals surface area contributed by atoms with Crippen molar-refractivity contribution in [2.45, 2.75) is 84.5 Å². The molecule has 0 saturated heterocycles. The molecule has 106 valence electrons. The first kappa shape index (κ1) is 14.6. The van der Waals surface area contributed by atoms with Crippen LogP contribution in [0.5, 0.6) is 0 Å². The van der Waals surface area contributed by atoms with Crippen LogP contribution in [0.4, 0.5) is 0 Å². The summed E-state index contributed by atoms with van der Waals surface area (Å²) >= 11 is 0. The molecule has 3 atom stereocenters. The van der Waals surface area contributed by atoms with Gasteiger partial charge in [-0.15, -0.1) is 0 Å². The molecule has 0 aromatic rings. The van der Waals surface area contributed by atoms with Gasteiger partial charge in [-0.05, 0) is 61.6 Å². The fourth-order valence-corrected chi connectivity index (χ4v) is 5.75. The van der Waals surface area contributed by atoms with E-state index in [0.29, 0.717) is 10.5 Å². The first-order chi connectivity index (χ1) is 7.90. The third-order valence-electron chi connectivity index (χ3n) is 6.49. The lowest BCUT2D eigenvalue weighted by atomic mass is 9.44. The summed E-state index contributed by atoms with van der Waals surface area (Å²) in [5, 5.41) is 0.320. The first-order valence-corrected chi connectivity index (χ1v) is 10.5. The SMILES string of the molecule is CC1(C)[C@H]2CC[C@@](C)(O[Si](C)(C)C(C)(C)C)[C@@H]1C2. The first-order valence-electron chi connectivity index (χ1n) is 7.60. The van der Waals surface area contributed by atoms with E-state index in [0.717, 1.165) is 11.8 Å². The van der Waals surface area contributed by atoms with E-state index in [1.165, 1.54) is 19.3 Å². The second-order valence-electron chi connectivity index (χ2n) is 9.02. The fraction of sp³-hybridized carbons (Fsp3) is 1.00. The summed E-state index contributed by atoms with van der Waals surface area (Å²) in [7, 11) is -1.64. The molecule has 3 fully saturated rings. The van der Waals surface area contributed by atoms with Crippen molar-refractivity contribution in [1.82, 2.24) is 0 Å². The highest BCUT2D eigenvalue weighted by Gasteiger charge is 2.61. The number of fused-ring (bicyclic) bond motifs is 2. The van der Waals surface area contributed by atoms with E-state index >= 15 is 0 Å². The molecule has 0 amide bonds. The van der Waals surface area contributed by atoms with Crippen LogP contribution >= 0.6 is 0 Å². The summed E-state index contributed by atoms with van der Waals surface area (Å²) in [5.74, 6) is 1.73. The van der Waals surface area contributed by atoms with Crippen LogP contribution in [0, 0.1) is 17.3 Å². The Bertz CT molecular complexity index is 337. The highest BCUT2D eigenvalue weighted by atomic mass is 28.4. The average molecular weight is 269 g/mol. The lowest BCUT2D eigenvalue weighted by molar-refractivity contribution is -0.185. The summed E-state index contributed by atoms with van der Waals surface area (Å²) in [4.78, 5) is 0. The van der Waals surface area contributed by atoms with Crippen LogP contribution in [-0.4, -0.2) is 13.9 Å². The van der Waals surface area contributed by atoms with Crippen LogP contribution < -0.4 is 0 Å². The molecular formula is C16H32OSi. The molecule has 0 radical (unpaired) electrons. The van der Waals surface area contributed by atoms with Gasteiger partial charge in [-0.2, -0.15) is 0 Å². The van der Waals surface area contributed by atoms with Crippen LogP contribution in [0.15, 0.2) is 0 Å². The van der Waals surface area contributed by atoms with Crippen molar-refractivity contribution < 1.29 is 4.43 Å². The third-order valence-corrected chi connectivity index (χ3v) is 11.1. The van der Waals surface area contributed by atoms with Crippen LogP contribution in [-0.2, 0) is 4.43 Å². The Kier molecular flexibility index (Phi) is 3.12. The Morgan fingerprint density at radius 1 is 1.11 bits per heavy atom. The highest BCUT2D eigenvalue weighted by molar-refractivity contribution is 6.74. The number of hydrogen-bond acceptors (Lipinski definition) is 1. The van der Waals surface area contributed by atoms with E-state index < -0.39 is 8.32 Å². The molecule has 0 aromatic heterocycles. The highest BCUT2D eigenvalue weighted by Crippen LogP contribution is 2.64. The van der Waals surface area contributed by atoms with Crippen molar-refractivity contribution in [2.75, 3.05) is 0 Å². The van der Waals surface area contributed by atoms with Crippen LogP contribution in [0.1, 0.15) is 60.8 Å². The van der Waals surface area contributed by atoms with E-state index in [2.05, 4.69) is 54.6 Å². The van der Waals surface area contributed by atoms with Gasteiger partial charge in [0.15, 0.2) is 8.32 Å². The summed E-state index contributed by atoms with van der Waals surface area (Å²) in [6.07, 6.45) is 4.05. The van der Waals surface area contributed by atoms with E-state index in [1.807, 2.05) is 0 Å². The lowest BCUT2D eigenvalue weighted by Gasteiger charge is -2.65. The molecule has 0 spiro atoms. The zero-order chi connectivity index (χ0) is 14.0. The van der Waals surface area contributed by atoms with Gasteiger partial charge in [0, 0.05) is 0 Å². The molecule has 0 heterocycles. The standard InChI is InChI=1S/C16H32OSi/c1-14(2,3)18(7,8)17-16(6)10-9-12-11-13(16)15(12,4)5/h12-13H,9-11H2,1-8H3/t12-,13+,16+/m0/s1. The molecule has 3 rings (SSSR count). The lowest BCUT2D eigenvalue weighted by Crippen LogP contribution is -2.64. The van der Waals surface area contributed by atoms with Crippen molar-refractivity contribution in [2.24, 2.45) is 17.3 Å². The minimum atomic E-state index is -1.64. The molecule has 3 aliphatic carbocycles. The molecular weight excluding hydrogens is 236 g/mol. The minimum absolute atomic E-state index is 0.140. The van der Waals surface area contributed by atoms with Crippen LogP contribution in [0.2, 0.25) is 18.1 Å². The summed E-state index contributed by atoms with van der Waals surface area (Å²) in [6.45, 7) is 19.2. The Morgan fingerprint density at radius 2 is 1.67 bits per heavy atom. The van der Waals surface area contributed by atoms with Gasteiger partial charge in [0.1, 0.15) is 0 Å². The second-order valence-corrected chi connectivity index (χ2v) is 13.7. The molecule has 2 heteroatoms. The van der Waals surface area contributed by atoms with Crippen molar-refractivity contribution in [1.29, 1.82) is 0 Å². The maximum atomic E-state index is 6.86. The van der Waals surface area contributed by atoms with Crippen LogP contribution in [0.3, 0.4) is 0 Å². The second kappa shape index (κ2) is 3.85. The average Bonchev–Trinajstić information content (AvgIpc) is 2.13. The molecule has 1 nitrogen and oxygen atoms in total. The molecule has 0 N–H and O–H groups in total. The molecule has 0 aliphatic heterocycles. The smallest absolute Gasteiger partial charge is 0.192 e. The summed E-state index contributed by atoms with van der Waals surface area (Å²) in [5.41, 5.74) is 0.649. The van der Waals surface area contributed by atoms with Gasteiger partial charge in [0.05, 0.1) is 5.60 Å². The quantitative estimate of drug-likeness (QED) is 0.624. The third kappa shape index (κ3) is 2.00. The number of hydrogen-bond donors (Lipinski definition) is 0. The Hall–Kier alpha value is 0.177. The predicted molar refractivity (Wildman–Crippen MR) is 81.3 cm³/mol. The molecule has 18 heavy (non-hydrogen) atoms. The fourth-order valence-electron chi connectivity index (χ4n) is 4.04. The molecule has 3 saturated carbocycles. The maximum Gasteiger partial charge on any atom is 0.192 e. The molecule has 0 unspecified atom stereocenters. The van der Waals surface area contributed by atoms with Gasteiger partial charge in [-0.3, -0.25) is 0 Å². The normalized spacial score (nSPS) is 39.3. The molecule has 2 bridgehead atoms. The topological polar surface area (TPSA) is 9.23 Å².